The Bertz CT molecular complexity index is 1070. The van der Waals surface area contributed by atoms with Gasteiger partial charge in [-0.1, -0.05) is 20.8 Å². The van der Waals surface area contributed by atoms with Crippen molar-refractivity contribution in [2.45, 2.75) is 103 Å². The molecule has 0 heterocycles. The largest absolute Gasteiger partial charge is 0.393 e. The van der Waals surface area contributed by atoms with Crippen molar-refractivity contribution in [1.82, 2.24) is 5.32 Å². The molecule has 0 radical (unpaired) electrons. The van der Waals surface area contributed by atoms with E-state index in [1.165, 1.54) is 0 Å². The van der Waals surface area contributed by atoms with Gasteiger partial charge in [0.15, 0.2) is 0 Å². The average molecular weight is 632 g/mol. The van der Waals surface area contributed by atoms with E-state index in [4.69, 9.17) is 4.55 Å². The van der Waals surface area contributed by atoms with Gasteiger partial charge in [0, 0.05) is 19.4 Å². The number of aliphatic hydroxyl groups is 4. The summed E-state index contributed by atoms with van der Waals surface area (Å²) in [5.74, 6) is 1.85. The Morgan fingerprint density at radius 3 is 2.44 bits per heavy atom. The Labute approximate surface area is 259 Å². The van der Waals surface area contributed by atoms with Gasteiger partial charge in [0.2, 0.25) is 5.91 Å². The Hall–Kier alpha value is -0.820. The number of carbonyl (C=O) groups excluding carboxylic acids is 1. The summed E-state index contributed by atoms with van der Waals surface area (Å²) in [6.45, 7) is 8.00. The lowest BCUT2D eigenvalue weighted by Crippen LogP contribution is -2.60. The molecule has 1 amide bonds. The summed E-state index contributed by atoms with van der Waals surface area (Å²) in [6, 6.07) is 0. The zero-order valence-corrected chi connectivity index (χ0v) is 27.8. The Balaban J connectivity index is 1.26. The van der Waals surface area contributed by atoms with E-state index in [9.17, 15) is 33.6 Å². The molecule has 0 saturated heterocycles. The number of fused-ring (bicyclic) bond motifs is 5. The monoisotopic (exact) mass is 631 g/mol. The maximum atomic E-state index is 12.7. The molecule has 4 rings (SSSR count). The van der Waals surface area contributed by atoms with Crippen LogP contribution in [0.4, 0.5) is 0 Å². The Morgan fingerprint density at radius 2 is 1.77 bits per heavy atom. The molecule has 13 atom stereocenters. The van der Waals surface area contributed by atoms with Crippen LogP contribution in [0.25, 0.3) is 0 Å². The first kappa shape index (κ1) is 35.0. The highest BCUT2D eigenvalue weighted by Crippen LogP contribution is 2.66. The molecule has 6 N–H and O–H groups in total. The van der Waals surface area contributed by atoms with E-state index in [1.807, 2.05) is 14.1 Å². The van der Waals surface area contributed by atoms with Gasteiger partial charge < -0.3 is 30.2 Å². The molecule has 0 aromatic rings. The molecule has 0 spiro atoms. The number of hydrogen-bond acceptors (Lipinski definition) is 7. The fourth-order valence-electron chi connectivity index (χ4n) is 10.7. The summed E-state index contributed by atoms with van der Waals surface area (Å²) in [6.07, 6.45) is 4.68. The second-order valence-electron chi connectivity index (χ2n) is 15.9. The van der Waals surface area contributed by atoms with Gasteiger partial charge in [-0.2, -0.15) is 8.42 Å². The summed E-state index contributed by atoms with van der Waals surface area (Å²) in [7, 11) is -0.483. The Kier molecular flexibility index (Phi) is 11.0. The van der Waals surface area contributed by atoms with Crippen LogP contribution < -0.4 is 5.32 Å². The van der Waals surface area contributed by atoms with Gasteiger partial charge in [0.05, 0.1) is 39.0 Å². The van der Waals surface area contributed by atoms with Gasteiger partial charge in [-0.15, -0.1) is 0 Å². The SMILES string of the molecule is CC1C[C@@H](O)CC2CC(O)C3C(C[C@H](O)[C@@]4(C)C3CC[C@@H]4C(C)CCC(=O)NCCC[N+](C)(C)CC(O)CS(=O)(=O)O)C12. The van der Waals surface area contributed by atoms with Crippen LogP contribution in [0.5, 0.6) is 0 Å². The molecular formula is C32H59N2O8S+. The highest BCUT2D eigenvalue weighted by atomic mass is 32.2. The molecule has 9 unspecified atom stereocenters. The van der Waals surface area contributed by atoms with Crippen molar-refractivity contribution in [1.29, 1.82) is 0 Å². The van der Waals surface area contributed by atoms with Crippen molar-refractivity contribution in [3.8, 4) is 0 Å². The quantitative estimate of drug-likeness (QED) is 0.108. The van der Waals surface area contributed by atoms with Crippen LogP contribution in [-0.4, -0.2) is 108 Å². The third kappa shape index (κ3) is 7.95. The maximum Gasteiger partial charge on any atom is 0.267 e. The molecule has 4 saturated carbocycles. The summed E-state index contributed by atoms with van der Waals surface area (Å²) >= 11 is 0. The predicted octanol–water partition coefficient (Wildman–Crippen LogP) is 2.05. The van der Waals surface area contributed by atoms with Crippen molar-refractivity contribution in [3.05, 3.63) is 0 Å². The second-order valence-corrected chi connectivity index (χ2v) is 17.4. The molecule has 43 heavy (non-hydrogen) atoms. The summed E-state index contributed by atoms with van der Waals surface area (Å²) in [5.41, 5.74) is -0.272. The number of nitrogens with zero attached hydrogens (tertiary/aromatic N) is 1. The molecule has 4 aliphatic carbocycles. The van der Waals surface area contributed by atoms with Gasteiger partial charge in [-0.3, -0.25) is 9.35 Å². The van der Waals surface area contributed by atoms with E-state index in [2.05, 4.69) is 26.1 Å². The van der Waals surface area contributed by atoms with E-state index >= 15 is 0 Å². The molecule has 11 heteroatoms. The molecule has 4 fully saturated rings. The van der Waals surface area contributed by atoms with Crippen LogP contribution in [-0.2, 0) is 14.9 Å². The van der Waals surface area contributed by atoms with E-state index < -0.39 is 28.1 Å². The first-order chi connectivity index (χ1) is 19.9. The fraction of sp³-hybridized carbons (Fsp3) is 0.969. The van der Waals surface area contributed by atoms with E-state index in [-0.39, 0.29) is 47.8 Å². The number of carbonyl (C=O) groups is 1. The summed E-state index contributed by atoms with van der Waals surface area (Å²) in [4.78, 5) is 12.7. The number of amides is 1. The lowest BCUT2D eigenvalue weighted by Gasteiger charge is -2.60. The minimum absolute atomic E-state index is 0.00487. The molecule has 0 aromatic carbocycles. The number of quaternary nitrogens is 1. The average Bonchev–Trinajstić information content (AvgIpc) is 3.21. The first-order valence-corrected chi connectivity index (χ1v) is 18.3. The van der Waals surface area contributed by atoms with Crippen molar-refractivity contribution in [2.24, 2.45) is 52.8 Å². The smallest absolute Gasteiger partial charge is 0.267 e. The van der Waals surface area contributed by atoms with Crippen molar-refractivity contribution < 1.29 is 42.7 Å². The topological polar surface area (TPSA) is 164 Å². The van der Waals surface area contributed by atoms with Crippen molar-refractivity contribution >= 4 is 16.0 Å². The molecular weight excluding hydrogens is 572 g/mol. The first-order valence-electron chi connectivity index (χ1n) is 16.7. The number of likely N-dealkylation sites (N-methyl/N-ethyl adjacent to an activating group) is 1. The molecule has 4 aliphatic rings. The summed E-state index contributed by atoms with van der Waals surface area (Å²) < 4.78 is 31.3. The molecule has 0 aromatic heterocycles. The third-order valence-corrected chi connectivity index (χ3v) is 13.2. The van der Waals surface area contributed by atoms with Crippen LogP contribution in [0.2, 0.25) is 0 Å². The second kappa shape index (κ2) is 13.5. The van der Waals surface area contributed by atoms with Gasteiger partial charge in [-0.25, -0.2) is 0 Å². The van der Waals surface area contributed by atoms with Gasteiger partial charge in [0.25, 0.3) is 10.1 Å². The van der Waals surface area contributed by atoms with Crippen LogP contribution in [0.1, 0.15) is 78.6 Å². The zero-order chi connectivity index (χ0) is 31.9. The summed E-state index contributed by atoms with van der Waals surface area (Å²) in [5, 5.41) is 46.5. The normalized spacial score (nSPS) is 41.1. The molecule has 0 bridgehead atoms. The van der Waals surface area contributed by atoms with Crippen LogP contribution in [0, 0.1) is 52.8 Å². The lowest BCUT2D eigenvalue weighted by molar-refractivity contribution is -0.893. The number of aliphatic hydroxyl groups excluding tert-OH is 4. The predicted molar refractivity (Wildman–Crippen MR) is 164 cm³/mol. The minimum Gasteiger partial charge on any atom is -0.393 e. The minimum atomic E-state index is -4.23. The highest BCUT2D eigenvalue weighted by Gasteiger charge is 2.63. The molecule has 250 valence electrons. The number of hydrogen-bond donors (Lipinski definition) is 6. The van der Waals surface area contributed by atoms with Crippen LogP contribution in [0.15, 0.2) is 0 Å². The standard InChI is InChI=1S/C32H58N2O8S/c1-19(7-10-29(39)33-11-6-12-34(4,5)17-23(36)18-43(40,41)42)25-8-9-26-31-24(16-28(38)32(25,26)3)30-20(2)13-22(35)14-21(30)15-27(31)37/h19-28,30-31,35-38H,6-18H2,1-5H3,(H-,33,39,40,41,42)/p+1/t19?,20?,21?,22-,23?,24?,25-,26?,27?,28+,30?,31?,32-/m1/s1. The van der Waals surface area contributed by atoms with E-state index in [0.717, 1.165) is 44.9 Å². The fourth-order valence-corrected chi connectivity index (χ4v) is 11.3. The van der Waals surface area contributed by atoms with Gasteiger partial charge >= 0.3 is 0 Å². The van der Waals surface area contributed by atoms with E-state index in [0.29, 0.717) is 60.0 Å². The number of nitrogens with one attached hydrogen (secondary N) is 1. The van der Waals surface area contributed by atoms with E-state index in [1.54, 1.807) is 0 Å². The van der Waals surface area contributed by atoms with Gasteiger partial charge in [0.1, 0.15) is 18.4 Å². The van der Waals surface area contributed by atoms with Crippen LogP contribution >= 0.6 is 0 Å². The Morgan fingerprint density at radius 1 is 1.07 bits per heavy atom. The van der Waals surface area contributed by atoms with Crippen molar-refractivity contribution in [3.63, 3.8) is 0 Å². The number of rotatable bonds is 12. The highest BCUT2D eigenvalue weighted by molar-refractivity contribution is 7.85. The zero-order valence-electron chi connectivity index (χ0n) is 26.9. The van der Waals surface area contributed by atoms with Crippen LogP contribution in [0.3, 0.4) is 0 Å². The molecule has 10 nitrogen and oxygen atoms in total. The van der Waals surface area contributed by atoms with Crippen molar-refractivity contribution in [2.75, 3.05) is 39.5 Å². The maximum absolute atomic E-state index is 12.7. The lowest BCUT2D eigenvalue weighted by atomic mass is 9.46. The third-order valence-electron chi connectivity index (χ3n) is 12.3. The molecule has 0 aliphatic heterocycles. The van der Waals surface area contributed by atoms with Gasteiger partial charge in [-0.05, 0) is 97.7 Å².